The third-order valence-electron chi connectivity index (χ3n) is 7.38. The highest BCUT2D eigenvalue weighted by Gasteiger charge is 2.34. The molecule has 2 heterocycles. The highest BCUT2D eigenvalue weighted by Crippen LogP contribution is 2.33. The number of piperidine rings is 1. The van der Waals surface area contributed by atoms with Crippen LogP contribution in [0.25, 0.3) is 0 Å². The lowest BCUT2D eigenvalue weighted by Crippen LogP contribution is -2.48. The van der Waals surface area contributed by atoms with Crippen LogP contribution in [0.3, 0.4) is 0 Å². The van der Waals surface area contributed by atoms with E-state index >= 15 is 0 Å². The first-order chi connectivity index (χ1) is 18.2. The molecule has 1 atom stereocenters. The minimum atomic E-state index is -0.641. The maximum Gasteiger partial charge on any atom is 0.322 e. The van der Waals surface area contributed by atoms with E-state index in [4.69, 9.17) is 23.2 Å². The van der Waals surface area contributed by atoms with Gasteiger partial charge in [-0.25, -0.2) is 9.18 Å². The van der Waals surface area contributed by atoms with Crippen LogP contribution in [0.2, 0.25) is 10.0 Å². The highest BCUT2D eigenvalue weighted by atomic mass is 35.5. The lowest BCUT2D eigenvalue weighted by atomic mass is 9.86. The van der Waals surface area contributed by atoms with Crippen molar-refractivity contribution in [2.24, 2.45) is 0 Å². The van der Waals surface area contributed by atoms with E-state index in [1.165, 1.54) is 17.0 Å². The molecule has 200 valence electrons. The van der Waals surface area contributed by atoms with Gasteiger partial charge in [0.15, 0.2) is 0 Å². The number of allylic oxidation sites excluding steroid dienone is 1. The van der Waals surface area contributed by atoms with Gasteiger partial charge in [-0.1, -0.05) is 35.3 Å². The fourth-order valence-electron chi connectivity index (χ4n) is 5.12. The summed E-state index contributed by atoms with van der Waals surface area (Å²) in [7, 11) is 1.62. The summed E-state index contributed by atoms with van der Waals surface area (Å²) < 4.78 is 13.5. The number of hydrogen-bond acceptors (Lipinski definition) is 4. The van der Waals surface area contributed by atoms with Gasteiger partial charge in [-0.2, -0.15) is 5.26 Å². The van der Waals surface area contributed by atoms with Crippen LogP contribution in [0.15, 0.2) is 47.7 Å². The van der Waals surface area contributed by atoms with Crippen LogP contribution < -0.4 is 10.6 Å². The molecule has 2 aliphatic heterocycles. The number of benzene rings is 2. The van der Waals surface area contributed by atoms with Crippen molar-refractivity contribution < 1.29 is 14.0 Å². The molecule has 0 aliphatic carbocycles. The zero-order chi connectivity index (χ0) is 27.4. The molecule has 2 aromatic rings. The summed E-state index contributed by atoms with van der Waals surface area (Å²) in [5, 5.41) is 16.0. The van der Waals surface area contributed by atoms with E-state index in [1.54, 1.807) is 38.2 Å². The van der Waals surface area contributed by atoms with Crippen LogP contribution in [0.5, 0.6) is 0 Å². The van der Waals surface area contributed by atoms with Crippen molar-refractivity contribution in [3.8, 4) is 6.07 Å². The quantitative estimate of drug-likeness (QED) is 0.448. The molecule has 1 saturated heterocycles. The zero-order valence-electron chi connectivity index (χ0n) is 21.4. The van der Waals surface area contributed by atoms with E-state index in [0.717, 1.165) is 44.5 Å². The van der Waals surface area contributed by atoms with E-state index in [0.29, 0.717) is 39.0 Å². The molecule has 0 radical (unpaired) electrons. The first-order valence-corrected chi connectivity index (χ1v) is 13.3. The topological polar surface area (TPSA) is 88.5 Å². The Kier molecular flexibility index (Phi) is 8.93. The number of nitriles is 1. The standard InChI is InChI=1S/C28H30Cl2FN5O2/c1-17-25(26(34-28(38)35(17)2)19-4-7-23(29)24(30)15-19)27(37)33-10-3-11-36-12-8-18(9-13-36)22-6-5-21(31)14-20(22)16-32/h4-7,14-15,18,26H,3,8-13H2,1-2H3,(H,33,37)(H,34,38)/t26-/m1/s1. The molecule has 1 fully saturated rings. The molecule has 2 aliphatic rings. The molecule has 38 heavy (non-hydrogen) atoms. The minimum absolute atomic E-state index is 0.243. The Hall–Kier alpha value is -3.12. The third kappa shape index (κ3) is 6.12. The predicted octanol–water partition coefficient (Wildman–Crippen LogP) is 5.36. The average Bonchev–Trinajstić information content (AvgIpc) is 2.91. The SMILES string of the molecule is CC1=C(C(=O)NCCCN2CCC(c3ccc(F)cc3C#N)CC2)[C@@H](c2ccc(Cl)c(Cl)c2)NC(=O)N1C. The molecule has 2 aromatic carbocycles. The largest absolute Gasteiger partial charge is 0.352 e. The van der Waals surface area contributed by atoms with Gasteiger partial charge in [-0.05, 0) is 87.1 Å². The monoisotopic (exact) mass is 557 g/mol. The number of rotatable bonds is 7. The number of carbonyl (C=O) groups is 2. The molecule has 2 N–H and O–H groups in total. The molecule has 0 aromatic heterocycles. The Morgan fingerprint density at radius 1 is 1.18 bits per heavy atom. The Morgan fingerprint density at radius 3 is 2.61 bits per heavy atom. The number of urea groups is 1. The van der Waals surface area contributed by atoms with Crippen LogP contribution in [0, 0.1) is 17.1 Å². The fourth-order valence-corrected chi connectivity index (χ4v) is 5.43. The van der Waals surface area contributed by atoms with Crippen molar-refractivity contribution in [3.63, 3.8) is 0 Å². The Morgan fingerprint density at radius 2 is 1.92 bits per heavy atom. The van der Waals surface area contributed by atoms with E-state index in [-0.39, 0.29) is 23.7 Å². The highest BCUT2D eigenvalue weighted by molar-refractivity contribution is 6.42. The minimum Gasteiger partial charge on any atom is -0.352 e. The van der Waals surface area contributed by atoms with Gasteiger partial charge in [-0.15, -0.1) is 0 Å². The van der Waals surface area contributed by atoms with E-state index in [2.05, 4.69) is 21.6 Å². The van der Waals surface area contributed by atoms with Crippen molar-refractivity contribution in [3.05, 3.63) is 80.2 Å². The van der Waals surface area contributed by atoms with Crippen LogP contribution in [0.1, 0.15) is 54.8 Å². The van der Waals surface area contributed by atoms with Gasteiger partial charge < -0.3 is 20.4 Å². The number of nitrogens with one attached hydrogen (secondary N) is 2. The van der Waals surface area contributed by atoms with E-state index < -0.39 is 6.04 Å². The molecule has 10 heteroatoms. The van der Waals surface area contributed by atoms with Gasteiger partial charge in [0.25, 0.3) is 5.91 Å². The number of amides is 3. The summed E-state index contributed by atoms with van der Waals surface area (Å²) in [6, 6.07) is 10.7. The average molecular weight is 558 g/mol. The number of carbonyl (C=O) groups excluding carboxylic acids is 2. The molecule has 7 nitrogen and oxygen atoms in total. The molecule has 0 saturated carbocycles. The lowest BCUT2D eigenvalue weighted by molar-refractivity contribution is -0.118. The number of likely N-dealkylation sites (tertiary alicyclic amines) is 1. The maximum atomic E-state index is 13.5. The second kappa shape index (κ2) is 12.2. The lowest BCUT2D eigenvalue weighted by Gasteiger charge is -2.34. The van der Waals surface area contributed by atoms with Crippen molar-refractivity contribution in [1.29, 1.82) is 5.26 Å². The van der Waals surface area contributed by atoms with E-state index in [9.17, 15) is 19.2 Å². The second-order valence-corrected chi connectivity index (χ2v) is 10.5. The first-order valence-electron chi connectivity index (χ1n) is 12.6. The summed E-state index contributed by atoms with van der Waals surface area (Å²) in [4.78, 5) is 29.5. The summed E-state index contributed by atoms with van der Waals surface area (Å²) in [6.45, 7) is 4.81. The number of hydrogen-bond donors (Lipinski definition) is 2. The predicted molar refractivity (Wildman–Crippen MR) is 145 cm³/mol. The Balaban J connectivity index is 1.32. The first kappa shape index (κ1) is 27.9. The number of halogens is 3. The third-order valence-corrected chi connectivity index (χ3v) is 8.11. The maximum absolute atomic E-state index is 13.5. The zero-order valence-corrected chi connectivity index (χ0v) is 22.9. The van der Waals surface area contributed by atoms with Crippen molar-refractivity contribution in [1.82, 2.24) is 20.4 Å². The fraction of sp³-hybridized carbons (Fsp3) is 0.393. The van der Waals surface area contributed by atoms with Gasteiger partial charge in [0.2, 0.25) is 0 Å². The Labute approximate surface area is 232 Å². The van der Waals surface area contributed by atoms with Crippen LogP contribution in [-0.4, -0.2) is 55.0 Å². The van der Waals surface area contributed by atoms with Crippen LogP contribution >= 0.6 is 23.2 Å². The molecule has 0 spiro atoms. The Bertz CT molecular complexity index is 1300. The molecular formula is C28H30Cl2FN5O2. The molecular weight excluding hydrogens is 528 g/mol. The normalized spacial score (nSPS) is 18.8. The smallest absolute Gasteiger partial charge is 0.322 e. The summed E-state index contributed by atoms with van der Waals surface area (Å²) >= 11 is 12.3. The molecule has 0 bridgehead atoms. The van der Waals surface area contributed by atoms with Crippen LogP contribution in [0.4, 0.5) is 9.18 Å². The molecule has 0 unspecified atom stereocenters. The van der Waals surface area contributed by atoms with Gasteiger partial charge in [0.05, 0.1) is 33.3 Å². The van der Waals surface area contributed by atoms with Gasteiger partial charge in [0, 0.05) is 19.3 Å². The van der Waals surface area contributed by atoms with Crippen LogP contribution in [-0.2, 0) is 4.79 Å². The second-order valence-electron chi connectivity index (χ2n) is 9.68. The van der Waals surface area contributed by atoms with Crippen molar-refractivity contribution in [2.45, 2.75) is 38.1 Å². The summed E-state index contributed by atoms with van der Waals surface area (Å²) in [5.41, 5.74) is 3.04. The van der Waals surface area contributed by atoms with E-state index in [1.807, 2.05) is 0 Å². The van der Waals surface area contributed by atoms with Gasteiger partial charge in [0.1, 0.15) is 5.82 Å². The number of nitrogens with zero attached hydrogens (tertiary/aromatic N) is 3. The summed E-state index contributed by atoms with van der Waals surface area (Å²) in [6.07, 6.45) is 2.56. The van der Waals surface area contributed by atoms with Gasteiger partial charge in [-0.3, -0.25) is 4.79 Å². The van der Waals surface area contributed by atoms with Gasteiger partial charge >= 0.3 is 6.03 Å². The van der Waals surface area contributed by atoms with Crippen molar-refractivity contribution >= 4 is 35.1 Å². The molecule has 3 amide bonds. The summed E-state index contributed by atoms with van der Waals surface area (Å²) in [5.74, 6) is -0.390. The van der Waals surface area contributed by atoms with Crippen molar-refractivity contribution in [2.75, 3.05) is 33.2 Å². The molecule has 4 rings (SSSR count).